The lowest BCUT2D eigenvalue weighted by Crippen LogP contribution is -2.40. The highest BCUT2D eigenvalue weighted by molar-refractivity contribution is 5.94. The van der Waals surface area contributed by atoms with Gasteiger partial charge in [-0.25, -0.2) is 9.18 Å². The topological polar surface area (TPSA) is 88.7 Å². The Morgan fingerprint density at radius 3 is 2.46 bits per heavy atom. The summed E-state index contributed by atoms with van der Waals surface area (Å²) in [5.41, 5.74) is 0.819. The summed E-state index contributed by atoms with van der Waals surface area (Å²) in [4.78, 5) is 23.7. The average Bonchev–Trinajstić information content (AvgIpc) is 2.70. The van der Waals surface area contributed by atoms with Crippen molar-refractivity contribution in [2.45, 2.75) is 13.5 Å². The van der Waals surface area contributed by atoms with E-state index in [1.54, 1.807) is 25.3 Å². The molecule has 3 amide bonds. The summed E-state index contributed by atoms with van der Waals surface area (Å²) in [6.45, 7) is 3.11. The molecule has 28 heavy (non-hydrogen) atoms. The Kier molecular flexibility index (Phi) is 8.08. The maximum atomic E-state index is 13.5. The summed E-state index contributed by atoms with van der Waals surface area (Å²) in [5, 5.41) is 7.88. The molecule has 0 spiro atoms. The maximum absolute atomic E-state index is 13.5. The van der Waals surface area contributed by atoms with E-state index in [0.29, 0.717) is 24.7 Å². The van der Waals surface area contributed by atoms with E-state index < -0.39 is 11.7 Å². The molecule has 0 fully saturated rings. The molecule has 0 atom stereocenters. The Labute approximate surface area is 163 Å². The van der Waals surface area contributed by atoms with Crippen LogP contribution in [-0.2, 0) is 6.54 Å². The number of hydrogen-bond donors (Lipinski definition) is 3. The fourth-order valence-electron chi connectivity index (χ4n) is 2.43. The van der Waals surface area contributed by atoms with Crippen molar-refractivity contribution < 1.29 is 23.5 Å². The lowest BCUT2D eigenvalue weighted by molar-refractivity contribution is 0.0950. The van der Waals surface area contributed by atoms with Gasteiger partial charge in [-0.15, -0.1) is 0 Å². The van der Waals surface area contributed by atoms with Crippen LogP contribution in [0.4, 0.5) is 9.18 Å². The van der Waals surface area contributed by atoms with E-state index in [0.717, 1.165) is 5.56 Å². The summed E-state index contributed by atoms with van der Waals surface area (Å²) in [5.74, 6) is 0.125. The summed E-state index contributed by atoms with van der Waals surface area (Å²) in [7, 11) is 1.55. The largest absolute Gasteiger partial charge is 0.493 e. The van der Waals surface area contributed by atoms with Crippen molar-refractivity contribution in [3.05, 3.63) is 59.4 Å². The Balaban J connectivity index is 1.71. The van der Waals surface area contributed by atoms with Crippen molar-refractivity contribution in [2.24, 2.45) is 0 Å². The van der Waals surface area contributed by atoms with Crippen LogP contribution in [0.2, 0.25) is 0 Å². The van der Waals surface area contributed by atoms with Gasteiger partial charge in [-0.1, -0.05) is 18.2 Å². The van der Waals surface area contributed by atoms with Crippen molar-refractivity contribution in [1.82, 2.24) is 16.0 Å². The summed E-state index contributed by atoms with van der Waals surface area (Å²) < 4.78 is 24.2. The second-order valence-electron chi connectivity index (χ2n) is 5.76. The SMILES string of the molecule is CCOc1ccc(CNC(=O)NCCNC(=O)c2ccccc2F)cc1OC. The summed E-state index contributed by atoms with van der Waals surface area (Å²) >= 11 is 0. The zero-order valence-corrected chi connectivity index (χ0v) is 15.9. The number of methoxy groups -OCH3 is 1. The van der Waals surface area contributed by atoms with E-state index in [9.17, 15) is 14.0 Å². The van der Waals surface area contributed by atoms with Gasteiger partial charge in [-0.05, 0) is 36.8 Å². The van der Waals surface area contributed by atoms with E-state index >= 15 is 0 Å². The molecule has 0 radical (unpaired) electrons. The van der Waals surface area contributed by atoms with Crippen LogP contribution in [0.3, 0.4) is 0 Å². The molecule has 0 aromatic heterocycles. The van der Waals surface area contributed by atoms with Gasteiger partial charge in [0.15, 0.2) is 11.5 Å². The molecule has 0 aliphatic heterocycles. The molecule has 0 heterocycles. The first kappa shape index (κ1) is 21.0. The fraction of sp³-hybridized carbons (Fsp3) is 0.300. The zero-order chi connectivity index (χ0) is 20.4. The minimum atomic E-state index is -0.587. The molecular weight excluding hydrogens is 365 g/mol. The van der Waals surface area contributed by atoms with Crippen molar-refractivity contribution in [3.8, 4) is 11.5 Å². The van der Waals surface area contributed by atoms with E-state index in [-0.39, 0.29) is 24.7 Å². The molecule has 150 valence electrons. The first-order valence-electron chi connectivity index (χ1n) is 8.89. The molecule has 2 aromatic carbocycles. The number of ether oxygens (including phenoxy) is 2. The minimum Gasteiger partial charge on any atom is -0.493 e. The Morgan fingerprint density at radius 1 is 1.00 bits per heavy atom. The van der Waals surface area contributed by atoms with Crippen LogP contribution in [0, 0.1) is 5.82 Å². The van der Waals surface area contributed by atoms with E-state index in [1.807, 2.05) is 13.0 Å². The van der Waals surface area contributed by atoms with Crippen LogP contribution in [0.5, 0.6) is 11.5 Å². The summed E-state index contributed by atoms with van der Waals surface area (Å²) in [6.07, 6.45) is 0. The van der Waals surface area contributed by atoms with Gasteiger partial charge in [0.2, 0.25) is 0 Å². The highest BCUT2D eigenvalue weighted by atomic mass is 19.1. The first-order chi connectivity index (χ1) is 13.5. The Hall–Kier alpha value is -3.29. The number of urea groups is 1. The molecule has 0 unspecified atom stereocenters. The molecule has 2 aromatic rings. The van der Waals surface area contributed by atoms with Crippen molar-refractivity contribution in [1.29, 1.82) is 0 Å². The summed E-state index contributed by atoms with van der Waals surface area (Å²) in [6, 6.07) is 10.7. The van der Waals surface area contributed by atoms with E-state index in [4.69, 9.17) is 9.47 Å². The van der Waals surface area contributed by atoms with Crippen LogP contribution < -0.4 is 25.4 Å². The van der Waals surface area contributed by atoms with Gasteiger partial charge in [0.25, 0.3) is 5.91 Å². The lowest BCUT2D eigenvalue weighted by atomic mass is 10.2. The number of amides is 3. The first-order valence-corrected chi connectivity index (χ1v) is 8.89. The third-order valence-corrected chi connectivity index (χ3v) is 3.80. The lowest BCUT2D eigenvalue weighted by Gasteiger charge is -2.12. The number of rotatable bonds is 9. The van der Waals surface area contributed by atoms with E-state index in [1.165, 1.54) is 18.2 Å². The van der Waals surface area contributed by atoms with Gasteiger partial charge in [-0.3, -0.25) is 4.79 Å². The van der Waals surface area contributed by atoms with Gasteiger partial charge < -0.3 is 25.4 Å². The second kappa shape index (κ2) is 10.8. The molecule has 0 aliphatic rings. The van der Waals surface area contributed by atoms with Gasteiger partial charge in [0, 0.05) is 19.6 Å². The molecule has 2 rings (SSSR count). The van der Waals surface area contributed by atoms with E-state index in [2.05, 4.69) is 16.0 Å². The van der Waals surface area contributed by atoms with Crippen molar-refractivity contribution in [2.75, 3.05) is 26.8 Å². The quantitative estimate of drug-likeness (QED) is 0.575. The third-order valence-electron chi connectivity index (χ3n) is 3.80. The zero-order valence-electron chi connectivity index (χ0n) is 15.9. The van der Waals surface area contributed by atoms with Gasteiger partial charge in [-0.2, -0.15) is 0 Å². The molecule has 7 nitrogen and oxygen atoms in total. The van der Waals surface area contributed by atoms with Crippen LogP contribution >= 0.6 is 0 Å². The van der Waals surface area contributed by atoms with Crippen LogP contribution in [0.25, 0.3) is 0 Å². The molecule has 8 heteroatoms. The molecule has 0 saturated carbocycles. The standard InChI is InChI=1S/C20H24FN3O4/c1-3-28-17-9-8-14(12-18(17)27-2)13-24-20(26)23-11-10-22-19(25)15-6-4-5-7-16(15)21/h4-9,12H,3,10-11,13H2,1-2H3,(H,22,25)(H2,23,24,26). The van der Waals surface area contributed by atoms with Crippen LogP contribution in [0.1, 0.15) is 22.8 Å². The average molecular weight is 389 g/mol. The minimum absolute atomic E-state index is 0.0311. The third kappa shape index (κ3) is 6.15. The van der Waals surface area contributed by atoms with Gasteiger partial charge in [0.1, 0.15) is 5.82 Å². The number of carbonyl (C=O) groups is 2. The number of nitrogens with one attached hydrogen (secondary N) is 3. The van der Waals surface area contributed by atoms with Gasteiger partial charge >= 0.3 is 6.03 Å². The smallest absolute Gasteiger partial charge is 0.315 e. The highest BCUT2D eigenvalue weighted by Crippen LogP contribution is 2.27. The predicted octanol–water partition coefficient (Wildman–Crippen LogP) is 2.46. The number of hydrogen-bond acceptors (Lipinski definition) is 4. The Morgan fingerprint density at radius 2 is 1.75 bits per heavy atom. The molecular formula is C20H24FN3O4. The number of carbonyl (C=O) groups excluding carboxylic acids is 2. The van der Waals surface area contributed by atoms with Crippen LogP contribution in [-0.4, -0.2) is 38.7 Å². The van der Waals surface area contributed by atoms with Crippen molar-refractivity contribution in [3.63, 3.8) is 0 Å². The highest BCUT2D eigenvalue weighted by Gasteiger charge is 2.10. The van der Waals surface area contributed by atoms with Gasteiger partial charge in [0.05, 0.1) is 19.3 Å². The predicted molar refractivity (Wildman–Crippen MR) is 103 cm³/mol. The molecule has 0 aliphatic carbocycles. The fourth-order valence-corrected chi connectivity index (χ4v) is 2.43. The second-order valence-corrected chi connectivity index (χ2v) is 5.76. The number of halogens is 1. The molecule has 3 N–H and O–H groups in total. The molecule has 0 saturated heterocycles. The maximum Gasteiger partial charge on any atom is 0.315 e. The number of benzene rings is 2. The van der Waals surface area contributed by atoms with Crippen LogP contribution in [0.15, 0.2) is 42.5 Å². The Bertz CT molecular complexity index is 814. The normalized spacial score (nSPS) is 10.1. The molecule has 0 bridgehead atoms. The monoisotopic (exact) mass is 389 g/mol. The van der Waals surface area contributed by atoms with Crippen molar-refractivity contribution >= 4 is 11.9 Å².